The van der Waals surface area contributed by atoms with Gasteiger partial charge in [0.05, 0.1) is 21.7 Å². The normalized spacial score (nSPS) is 11.8. The molecular formula is C26H24FN3O6S2. The van der Waals surface area contributed by atoms with Gasteiger partial charge in [-0.2, -0.15) is 0 Å². The van der Waals surface area contributed by atoms with E-state index in [2.05, 4.69) is 4.98 Å². The highest BCUT2D eigenvalue weighted by Gasteiger charge is 2.31. The Morgan fingerprint density at radius 3 is 1.97 bits per heavy atom. The zero-order valence-corrected chi connectivity index (χ0v) is 22.1. The number of anilines is 2. The maximum atomic E-state index is 13.6. The lowest BCUT2D eigenvalue weighted by molar-refractivity contribution is -0.128. The lowest BCUT2D eigenvalue weighted by atomic mass is 10.1. The highest BCUT2D eigenvalue weighted by Crippen LogP contribution is 2.36. The molecule has 9 nitrogen and oxygen atoms in total. The first-order valence-electron chi connectivity index (χ1n) is 11.4. The van der Waals surface area contributed by atoms with Crippen molar-refractivity contribution in [2.24, 2.45) is 0 Å². The maximum Gasteiger partial charge on any atom is 0.294 e. The van der Waals surface area contributed by atoms with E-state index in [-0.39, 0.29) is 34.3 Å². The Balaban J connectivity index is 1.90. The van der Waals surface area contributed by atoms with Gasteiger partial charge in [0, 0.05) is 17.3 Å². The van der Waals surface area contributed by atoms with E-state index in [4.69, 9.17) is 4.74 Å². The Morgan fingerprint density at radius 2 is 1.39 bits per heavy atom. The summed E-state index contributed by atoms with van der Waals surface area (Å²) in [5.74, 6) is -0.721. The summed E-state index contributed by atoms with van der Waals surface area (Å²) < 4.78 is 74.3. The molecule has 0 spiro atoms. The van der Waals surface area contributed by atoms with Gasteiger partial charge in [-0.25, -0.2) is 30.5 Å². The number of hydrogen-bond donors (Lipinski definition) is 0. The van der Waals surface area contributed by atoms with Crippen LogP contribution in [0.1, 0.15) is 12.5 Å². The van der Waals surface area contributed by atoms with Crippen molar-refractivity contribution < 1.29 is 30.8 Å². The van der Waals surface area contributed by atoms with Gasteiger partial charge in [-0.05, 0) is 50.2 Å². The number of hydrogen-bond acceptors (Lipinski definition) is 7. The van der Waals surface area contributed by atoms with E-state index in [9.17, 15) is 26.0 Å². The lowest BCUT2D eigenvalue weighted by Crippen LogP contribution is -2.35. The van der Waals surface area contributed by atoms with E-state index < -0.39 is 32.6 Å². The summed E-state index contributed by atoms with van der Waals surface area (Å²) in [6, 6.07) is 17.2. The van der Waals surface area contributed by atoms with Crippen molar-refractivity contribution in [1.29, 1.82) is 0 Å². The van der Waals surface area contributed by atoms with Crippen molar-refractivity contribution in [1.82, 2.24) is 4.98 Å². The molecule has 12 heteroatoms. The molecule has 0 N–H and O–H groups in total. The number of carbonyl (C=O) groups is 1. The number of pyridine rings is 1. The molecule has 0 amide bonds. The number of rotatable bonds is 10. The minimum Gasteiger partial charge on any atom is -0.445 e. The molecule has 0 aliphatic heterocycles. The molecule has 0 saturated heterocycles. The number of benzene rings is 3. The van der Waals surface area contributed by atoms with Gasteiger partial charge in [-0.1, -0.05) is 42.0 Å². The van der Waals surface area contributed by atoms with Crippen molar-refractivity contribution in [2.45, 2.75) is 23.6 Å². The molecule has 0 atom stereocenters. The number of carbonyl (C=O) groups excluding carboxylic acids is 1. The fourth-order valence-electron chi connectivity index (χ4n) is 3.94. The molecule has 3 aromatic carbocycles. The van der Waals surface area contributed by atoms with Gasteiger partial charge in [0.25, 0.3) is 26.5 Å². The van der Waals surface area contributed by atoms with Crippen LogP contribution in [0.3, 0.4) is 0 Å². The van der Waals surface area contributed by atoms with Gasteiger partial charge >= 0.3 is 0 Å². The van der Waals surface area contributed by atoms with Gasteiger partial charge in [0.1, 0.15) is 5.82 Å². The molecule has 0 unspecified atom stereocenters. The third kappa shape index (κ3) is 5.04. The van der Waals surface area contributed by atoms with Crippen LogP contribution in [0.4, 0.5) is 15.9 Å². The predicted octanol–water partition coefficient (Wildman–Crippen LogP) is 4.22. The molecule has 0 bridgehead atoms. The van der Waals surface area contributed by atoms with Gasteiger partial charge in [0.15, 0.2) is 12.5 Å². The van der Waals surface area contributed by atoms with Crippen molar-refractivity contribution in [3.05, 3.63) is 90.4 Å². The first-order valence-corrected chi connectivity index (χ1v) is 14.3. The Labute approximate surface area is 220 Å². The van der Waals surface area contributed by atoms with Crippen LogP contribution < -0.4 is 8.61 Å². The number of aryl methyl sites for hydroxylation is 1. The molecule has 0 radical (unpaired) electrons. The Bertz CT molecular complexity index is 1680. The molecule has 0 saturated carbocycles. The van der Waals surface area contributed by atoms with Crippen LogP contribution in [0.25, 0.3) is 10.8 Å². The third-order valence-electron chi connectivity index (χ3n) is 5.82. The Hall–Kier alpha value is -4.03. The van der Waals surface area contributed by atoms with Crippen molar-refractivity contribution in [3.63, 3.8) is 0 Å². The number of aromatic nitrogens is 1. The summed E-state index contributed by atoms with van der Waals surface area (Å²) in [5.41, 5.74) is 1.14. The largest absolute Gasteiger partial charge is 0.445 e. The minimum absolute atomic E-state index is 0.0765. The van der Waals surface area contributed by atoms with Crippen LogP contribution in [-0.4, -0.2) is 41.6 Å². The van der Waals surface area contributed by atoms with Crippen molar-refractivity contribution in [3.8, 4) is 0 Å². The van der Waals surface area contributed by atoms with Crippen LogP contribution in [0.2, 0.25) is 0 Å². The van der Waals surface area contributed by atoms with Crippen molar-refractivity contribution in [2.75, 3.05) is 21.9 Å². The van der Waals surface area contributed by atoms with Crippen LogP contribution in [0, 0.1) is 12.7 Å². The zero-order chi connectivity index (χ0) is 27.5. The second-order valence-corrected chi connectivity index (χ2v) is 11.9. The molecule has 4 aromatic rings. The smallest absolute Gasteiger partial charge is 0.294 e. The number of ether oxygens (including phenoxy) is 1. The van der Waals surface area contributed by atoms with E-state index in [0.717, 1.165) is 34.1 Å². The van der Waals surface area contributed by atoms with Crippen LogP contribution in [-0.2, 0) is 29.6 Å². The van der Waals surface area contributed by atoms with E-state index >= 15 is 0 Å². The van der Waals surface area contributed by atoms with Gasteiger partial charge in [0.2, 0.25) is 0 Å². The minimum atomic E-state index is -4.36. The average Bonchev–Trinajstić information content (AvgIpc) is 2.90. The summed E-state index contributed by atoms with van der Waals surface area (Å²) in [5, 5.41) is 0.697. The van der Waals surface area contributed by atoms with E-state index in [1.54, 1.807) is 43.3 Å². The summed E-state index contributed by atoms with van der Waals surface area (Å²) in [7, 11) is -8.34. The third-order valence-corrected chi connectivity index (χ3v) is 9.45. The Kier molecular flexibility index (Phi) is 7.65. The molecular weight excluding hydrogens is 533 g/mol. The SMILES string of the molecule is CCN(c1cnc(N(COC=O)S(=O)(=O)c2ccc(F)cc2)c2ccccc12)S(=O)(=O)c1ccc(C)cc1. The first kappa shape index (κ1) is 27.0. The van der Waals surface area contributed by atoms with Crippen LogP contribution in [0.5, 0.6) is 0 Å². The van der Waals surface area contributed by atoms with Crippen molar-refractivity contribution >= 4 is 48.8 Å². The topological polar surface area (TPSA) is 114 Å². The zero-order valence-electron chi connectivity index (χ0n) is 20.5. The first-order chi connectivity index (χ1) is 18.1. The van der Waals surface area contributed by atoms with Crippen LogP contribution in [0.15, 0.2) is 88.8 Å². The van der Waals surface area contributed by atoms with Crippen LogP contribution >= 0.6 is 0 Å². The van der Waals surface area contributed by atoms with E-state index in [1.807, 2.05) is 6.92 Å². The molecule has 0 aliphatic rings. The highest BCUT2D eigenvalue weighted by atomic mass is 32.2. The van der Waals surface area contributed by atoms with E-state index in [1.165, 1.54) is 22.6 Å². The fraction of sp³-hybridized carbons (Fsp3) is 0.154. The molecule has 38 heavy (non-hydrogen) atoms. The Morgan fingerprint density at radius 1 is 0.842 bits per heavy atom. The quantitative estimate of drug-likeness (QED) is 0.212. The summed E-state index contributed by atoms with van der Waals surface area (Å²) in [6.07, 6.45) is 1.26. The summed E-state index contributed by atoms with van der Waals surface area (Å²) in [6.45, 7) is 2.99. The number of nitrogens with zero attached hydrogens (tertiary/aromatic N) is 3. The summed E-state index contributed by atoms with van der Waals surface area (Å²) in [4.78, 5) is 15.1. The predicted molar refractivity (Wildman–Crippen MR) is 141 cm³/mol. The molecule has 0 fully saturated rings. The van der Waals surface area contributed by atoms with Gasteiger partial charge in [-0.15, -0.1) is 0 Å². The highest BCUT2D eigenvalue weighted by molar-refractivity contribution is 7.93. The molecule has 198 valence electrons. The van der Waals surface area contributed by atoms with Gasteiger partial charge < -0.3 is 4.74 Å². The second-order valence-electron chi connectivity index (χ2n) is 8.19. The second kappa shape index (κ2) is 10.8. The molecule has 4 rings (SSSR count). The molecule has 1 aromatic heterocycles. The summed E-state index contributed by atoms with van der Waals surface area (Å²) >= 11 is 0. The fourth-order valence-corrected chi connectivity index (χ4v) is 6.73. The monoisotopic (exact) mass is 557 g/mol. The molecule has 1 heterocycles. The van der Waals surface area contributed by atoms with E-state index in [0.29, 0.717) is 10.8 Å². The maximum absolute atomic E-state index is 13.6. The number of sulfonamides is 2. The molecule has 0 aliphatic carbocycles. The average molecular weight is 558 g/mol. The standard InChI is InChI=1S/C26H24FN3O6S2/c1-3-29(37(32,33)21-12-8-19(2)9-13-21)25-16-28-26(24-7-5-4-6-23(24)25)30(17-36-18-31)38(34,35)22-14-10-20(27)11-15-22/h4-16,18H,3,17H2,1-2H3. The number of fused-ring (bicyclic) bond motifs is 1. The number of halogens is 1. The van der Waals surface area contributed by atoms with Gasteiger partial charge in [-0.3, -0.25) is 9.10 Å². The lowest BCUT2D eigenvalue weighted by Gasteiger charge is -2.27.